The van der Waals surface area contributed by atoms with Crippen LogP contribution in [0.4, 0.5) is 0 Å². The molecule has 1 heterocycles. The molecule has 0 spiro atoms. The Labute approximate surface area is 258 Å². The summed E-state index contributed by atoms with van der Waals surface area (Å²) in [5.41, 5.74) is 8.05. The van der Waals surface area contributed by atoms with E-state index >= 15 is 0 Å². The van der Waals surface area contributed by atoms with E-state index in [9.17, 15) is 4.79 Å². The summed E-state index contributed by atoms with van der Waals surface area (Å²) in [6.07, 6.45) is 8.83. The highest BCUT2D eigenvalue weighted by Crippen LogP contribution is 2.21. The van der Waals surface area contributed by atoms with Gasteiger partial charge in [0.25, 0.3) is 0 Å². The van der Waals surface area contributed by atoms with Crippen LogP contribution in [0.25, 0.3) is 0 Å². The van der Waals surface area contributed by atoms with E-state index in [1.54, 1.807) is 6.07 Å². The summed E-state index contributed by atoms with van der Waals surface area (Å²) >= 11 is 0. The van der Waals surface area contributed by atoms with E-state index in [1.807, 2.05) is 26.0 Å². The third-order valence-electron chi connectivity index (χ3n) is 7.03. The Bertz CT molecular complexity index is 1320. The second-order valence-corrected chi connectivity index (χ2v) is 9.95. The number of pyridine rings is 1. The number of para-hydroxylation sites is 1. The first kappa shape index (κ1) is 34.6. The zero-order valence-electron chi connectivity index (χ0n) is 25.6. The minimum Gasteiger partial charge on any atom is -0.489 e. The molecular weight excluding hydrogens is 542 g/mol. The third kappa shape index (κ3) is 11.0. The van der Waals surface area contributed by atoms with Gasteiger partial charge in [-0.2, -0.15) is 0 Å². The Kier molecular flexibility index (Phi) is 16.0. The van der Waals surface area contributed by atoms with Crippen molar-refractivity contribution in [1.29, 1.82) is 0 Å². The van der Waals surface area contributed by atoms with Crippen molar-refractivity contribution in [3.05, 3.63) is 130 Å². The molecule has 1 aliphatic carbocycles. The van der Waals surface area contributed by atoms with Crippen LogP contribution in [0.3, 0.4) is 0 Å². The molecule has 42 heavy (non-hydrogen) atoms. The van der Waals surface area contributed by atoms with Gasteiger partial charge in [-0.05, 0) is 84.9 Å². The van der Waals surface area contributed by atoms with Crippen LogP contribution in [-0.4, -0.2) is 18.1 Å². The number of fused-ring (bicyclic) bond motifs is 1. The van der Waals surface area contributed by atoms with Crippen molar-refractivity contribution in [2.75, 3.05) is 7.11 Å². The van der Waals surface area contributed by atoms with Crippen molar-refractivity contribution >= 4 is 18.4 Å². The first-order valence-electron chi connectivity index (χ1n) is 15.1. The van der Waals surface area contributed by atoms with E-state index in [0.717, 1.165) is 50.0 Å². The lowest BCUT2D eigenvalue weighted by molar-refractivity contribution is 0.0593. The Morgan fingerprint density at radius 2 is 1.36 bits per heavy atom. The van der Waals surface area contributed by atoms with E-state index < -0.39 is 0 Å². The molecule has 5 rings (SSSR count). The Morgan fingerprint density at radius 1 is 0.738 bits per heavy atom. The summed E-state index contributed by atoms with van der Waals surface area (Å²) in [6, 6.07) is 31.6. The second-order valence-electron chi connectivity index (χ2n) is 9.95. The second kappa shape index (κ2) is 19.5. The van der Waals surface area contributed by atoms with Gasteiger partial charge in [-0.1, -0.05) is 106 Å². The maximum absolute atomic E-state index is 11.2. The van der Waals surface area contributed by atoms with Crippen LogP contribution in [0.2, 0.25) is 0 Å². The predicted molar refractivity (Wildman–Crippen MR) is 176 cm³/mol. The highest BCUT2D eigenvalue weighted by atomic mass is 35.5. The minimum absolute atomic E-state index is 0. The number of nitrogens with zero attached hydrogens (tertiary/aromatic N) is 1. The number of hydrogen-bond donors (Lipinski definition) is 0. The van der Waals surface area contributed by atoms with E-state index in [-0.39, 0.29) is 18.4 Å². The molecule has 3 aromatic carbocycles. The van der Waals surface area contributed by atoms with Gasteiger partial charge in [0.05, 0.1) is 7.11 Å². The van der Waals surface area contributed by atoms with Crippen LogP contribution in [-0.2, 0) is 43.4 Å². The van der Waals surface area contributed by atoms with Crippen LogP contribution in [0, 0.1) is 0 Å². The summed E-state index contributed by atoms with van der Waals surface area (Å²) < 4.78 is 10.7. The van der Waals surface area contributed by atoms with Gasteiger partial charge >= 0.3 is 5.97 Å². The number of rotatable bonds is 9. The van der Waals surface area contributed by atoms with Crippen molar-refractivity contribution in [3.8, 4) is 5.75 Å². The first-order valence-corrected chi connectivity index (χ1v) is 15.1. The third-order valence-corrected chi connectivity index (χ3v) is 7.03. The average molecular weight is 588 g/mol. The maximum Gasteiger partial charge on any atom is 0.356 e. The summed E-state index contributed by atoms with van der Waals surface area (Å²) in [6.45, 7) is 6.82. The molecule has 0 atom stereocenters. The van der Waals surface area contributed by atoms with E-state index in [1.165, 1.54) is 47.8 Å². The van der Waals surface area contributed by atoms with Crippen LogP contribution in [0.15, 0.2) is 91.0 Å². The fraction of sp³-hybridized carbons (Fsp3) is 0.351. The number of aryl methyl sites for hydroxylation is 5. The molecule has 5 heteroatoms. The molecular formula is C37H46ClNO3. The van der Waals surface area contributed by atoms with Gasteiger partial charge in [0, 0.05) is 5.69 Å². The largest absolute Gasteiger partial charge is 0.489 e. The highest BCUT2D eigenvalue weighted by Gasteiger charge is 2.14. The van der Waals surface area contributed by atoms with Crippen molar-refractivity contribution in [2.24, 2.45) is 0 Å². The normalized spacial score (nSPS) is 11.3. The number of ether oxygens (including phenoxy) is 2. The molecule has 0 fully saturated rings. The zero-order valence-corrected chi connectivity index (χ0v) is 26.4. The molecule has 4 aromatic rings. The van der Waals surface area contributed by atoms with Gasteiger partial charge < -0.3 is 9.47 Å². The summed E-state index contributed by atoms with van der Waals surface area (Å²) in [5, 5.41) is 0. The average Bonchev–Trinajstić information content (AvgIpc) is 3.05. The monoisotopic (exact) mass is 587 g/mol. The zero-order chi connectivity index (χ0) is 29.3. The lowest BCUT2D eigenvalue weighted by Gasteiger charge is -2.14. The lowest BCUT2D eigenvalue weighted by Crippen LogP contribution is -2.11. The number of esters is 1. The number of hydrogen-bond acceptors (Lipinski definition) is 4. The quantitative estimate of drug-likeness (QED) is 0.183. The first-order chi connectivity index (χ1) is 20.2. The Hall–Kier alpha value is -3.63. The molecule has 0 aliphatic heterocycles. The SMILES string of the molecule is CC.CCCc1ccccc1OCc1ccc(CCc2ccccc2)cc1.COC(=O)c1ccc2c(n1)CCCC2.Cl. The van der Waals surface area contributed by atoms with E-state index in [0.29, 0.717) is 12.3 Å². The summed E-state index contributed by atoms with van der Waals surface area (Å²) in [5.74, 6) is 0.663. The van der Waals surface area contributed by atoms with Crippen molar-refractivity contribution in [1.82, 2.24) is 4.98 Å². The van der Waals surface area contributed by atoms with Gasteiger partial charge in [0.15, 0.2) is 0 Å². The highest BCUT2D eigenvalue weighted by molar-refractivity contribution is 5.87. The predicted octanol–water partition coefficient (Wildman–Crippen LogP) is 9.20. The molecule has 4 nitrogen and oxygen atoms in total. The number of carbonyl (C=O) groups excluding carboxylic acids is 1. The molecule has 0 radical (unpaired) electrons. The topological polar surface area (TPSA) is 48.4 Å². The van der Waals surface area contributed by atoms with Crippen LogP contribution in [0.5, 0.6) is 5.75 Å². The summed E-state index contributed by atoms with van der Waals surface area (Å²) in [4.78, 5) is 15.5. The fourth-order valence-corrected chi connectivity index (χ4v) is 4.82. The van der Waals surface area contributed by atoms with Gasteiger partial charge in [-0.3, -0.25) is 0 Å². The molecule has 1 aliphatic rings. The molecule has 0 saturated carbocycles. The molecule has 0 N–H and O–H groups in total. The number of benzene rings is 3. The molecule has 0 bridgehead atoms. The maximum atomic E-state index is 11.2. The summed E-state index contributed by atoms with van der Waals surface area (Å²) in [7, 11) is 1.38. The molecule has 224 valence electrons. The Morgan fingerprint density at radius 3 is 2.05 bits per heavy atom. The number of carbonyl (C=O) groups is 1. The molecule has 0 saturated heterocycles. The van der Waals surface area contributed by atoms with Crippen LogP contribution in [0.1, 0.15) is 84.0 Å². The minimum atomic E-state index is -0.349. The number of methoxy groups -OCH3 is 1. The van der Waals surface area contributed by atoms with Crippen molar-refractivity contribution in [3.63, 3.8) is 0 Å². The van der Waals surface area contributed by atoms with Gasteiger partial charge in [-0.25, -0.2) is 9.78 Å². The molecule has 1 aromatic heterocycles. The van der Waals surface area contributed by atoms with Crippen LogP contribution < -0.4 is 4.74 Å². The van der Waals surface area contributed by atoms with Gasteiger partial charge in [0.2, 0.25) is 0 Å². The van der Waals surface area contributed by atoms with Crippen molar-refractivity contribution in [2.45, 2.75) is 78.7 Å². The van der Waals surface area contributed by atoms with Crippen LogP contribution >= 0.6 is 12.4 Å². The Balaban J connectivity index is 0.000000308. The molecule has 0 amide bonds. The fourth-order valence-electron chi connectivity index (χ4n) is 4.82. The number of aromatic nitrogens is 1. The van der Waals surface area contributed by atoms with E-state index in [4.69, 9.17) is 4.74 Å². The smallest absolute Gasteiger partial charge is 0.356 e. The van der Waals surface area contributed by atoms with Crippen molar-refractivity contribution < 1.29 is 14.3 Å². The molecule has 0 unspecified atom stereocenters. The number of halogens is 1. The van der Waals surface area contributed by atoms with E-state index in [2.05, 4.69) is 89.4 Å². The lowest BCUT2D eigenvalue weighted by atomic mass is 9.96. The standard InChI is InChI=1S/C24H26O.C11H13NO2.C2H6.ClH/c1-2-8-23-11-6-7-12-24(23)25-19-22-17-15-21(16-18-22)14-13-20-9-4-3-5-10-20;1-14-11(13)10-7-6-8-4-2-3-5-9(8)12-10;1-2;/h3-7,9-12,15-18H,2,8,13-14,19H2,1H3;6-7H,2-5H2,1H3;1-2H3;1H. The van der Waals surface area contributed by atoms with Gasteiger partial charge in [0.1, 0.15) is 18.1 Å². The van der Waals surface area contributed by atoms with Gasteiger partial charge in [-0.15, -0.1) is 12.4 Å².